The summed E-state index contributed by atoms with van der Waals surface area (Å²) in [5.74, 6) is -4.56. The van der Waals surface area contributed by atoms with Gasteiger partial charge in [0.2, 0.25) is 0 Å². The molecule has 0 bridgehead atoms. The molecule has 4 rings (SSSR count). The van der Waals surface area contributed by atoms with Gasteiger partial charge in [0.15, 0.2) is 0 Å². The van der Waals surface area contributed by atoms with Crippen LogP contribution in [0.25, 0.3) is 0 Å². The Morgan fingerprint density at radius 1 is 1.08 bits per heavy atom. The lowest BCUT2D eigenvalue weighted by molar-refractivity contribution is -0.193. The number of aryl methyl sites for hydroxylation is 1. The number of thiazole rings is 1. The molecular formula is C22H27F6N5O5S. The van der Waals surface area contributed by atoms with E-state index in [4.69, 9.17) is 24.5 Å². The number of carbonyl (C=O) groups is 2. The fourth-order valence-electron chi connectivity index (χ4n) is 4.04. The summed E-state index contributed by atoms with van der Waals surface area (Å²) in [6, 6.07) is 0. The summed E-state index contributed by atoms with van der Waals surface area (Å²) in [6.07, 6.45) is -2.40. The average molecular weight is 588 g/mol. The molecule has 1 unspecified atom stereocenters. The molecule has 0 saturated carbocycles. The maximum Gasteiger partial charge on any atom is 0.490 e. The highest BCUT2D eigenvalue weighted by Crippen LogP contribution is 2.34. The van der Waals surface area contributed by atoms with E-state index in [-0.39, 0.29) is 5.41 Å². The van der Waals surface area contributed by atoms with Gasteiger partial charge in [0.1, 0.15) is 5.82 Å². The van der Waals surface area contributed by atoms with E-state index in [9.17, 15) is 26.3 Å². The van der Waals surface area contributed by atoms with Crippen LogP contribution in [0, 0.1) is 12.3 Å². The number of anilines is 1. The molecular weight excluding hydrogens is 560 g/mol. The Bertz CT molecular complexity index is 1050. The molecule has 17 heteroatoms. The zero-order valence-corrected chi connectivity index (χ0v) is 21.5. The van der Waals surface area contributed by atoms with Crippen molar-refractivity contribution in [2.24, 2.45) is 5.41 Å². The lowest BCUT2D eigenvalue weighted by Crippen LogP contribution is -2.50. The molecule has 2 saturated heterocycles. The van der Waals surface area contributed by atoms with Crippen LogP contribution in [0.1, 0.15) is 23.5 Å². The van der Waals surface area contributed by atoms with Gasteiger partial charge in [-0.05, 0) is 26.3 Å². The molecule has 1 atom stereocenters. The number of aliphatic carboxylic acids is 2. The zero-order chi connectivity index (χ0) is 29.3. The number of piperidine rings is 1. The van der Waals surface area contributed by atoms with Crippen molar-refractivity contribution in [2.75, 3.05) is 44.3 Å². The number of rotatable bonds is 3. The van der Waals surface area contributed by atoms with Gasteiger partial charge in [0, 0.05) is 49.4 Å². The number of hydrogen-bond donors (Lipinski definition) is 2. The SMILES string of the molecule is Cc1nc(CN2CCCC3(COCCN(c4cnccn4)C3)C2)cs1.O=C(O)C(F)(F)F.O=C(O)C(F)(F)F. The van der Waals surface area contributed by atoms with Crippen LogP contribution in [-0.2, 0) is 20.9 Å². The minimum atomic E-state index is -5.08. The molecule has 2 aromatic heterocycles. The van der Waals surface area contributed by atoms with Gasteiger partial charge in [-0.2, -0.15) is 26.3 Å². The molecule has 218 valence electrons. The van der Waals surface area contributed by atoms with E-state index < -0.39 is 24.3 Å². The maximum atomic E-state index is 10.6. The van der Waals surface area contributed by atoms with E-state index in [0.717, 1.165) is 56.8 Å². The predicted octanol–water partition coefficient (Wildman–Crippen LogP) is 3.63. The van der Waals surface area contributed by atoms with E-state index in [0.29, 0.717) is 0 Å². The molecule has 0 aromatic carbocycles. The molecule has 2 aromatic rings. The zero-order valence-electron chi connectivity index (χ0n) is 20.7. The van der Waals surface area contributed by atoms with Gasteiger partial charge in [0.25, 0.3) is 0 Å². The highest BCUT2D eigenvalue weighted by molar-refractivity contribution is 7.09. The monoisotopic (exact) mass is 587 g/mol. The second-order valence-corrected chi connectivity index (χ2v) is 9.88. The second-order valence-electron chi connectivity index (χ2n) is 8.82. The molecule has 2 aliphatic rings. The highest BCUT2D eigenvalue weighted by Gasteiger charge is 2.40. The largest absolute Gasteiger partial charge is 0.490 e. The van der Waals surface area contributed by atoms with Crippen molar-refractivity contribution >= 4 is 29.1 Å². The minimum Gasteiger partial charge on any atom is -0.475 e. The van der Waals surface area contributed by atoms with Gasteiger partial charge in [-0.25, -0.2) is 19.6 Å². The quantitative estimate of drug-likeness (QED) is 0.514. The highest BCUT2D eigenvalue weighted by atomic mass is 32.1. The van der Waals surface area contributed by atoms with Crippen molar-refractivity contribution in [3.05, 3.63) is 34.7 Å². The fraction of sp³-hybridized carbons (Fsp3) is 0.591. The number of carboxylic acids is 2. The van der Waals surface area contributed by atoms with Crippen LogP contribution in [-0.4, -0.2) is 93.7 Å². The van der Waals surface area contributed by atoms with E-state index >= 15 is 0 Å². The second kappa shape index (κ2) is 13.8. The Hall–Kier alpha value is -3.05. The molecule has 10 nitrogen and oxygen atoms in total. The molecule has 0 amide bonds. The first kappa shape index (κ1) is 32.2. The number of aromatic nitrogens is 3. The number of nitrogens with zero attached hydrogens (tertiary/aromatic N) is 5. The van der Waals surface area contributed by atoms with E-state index in [1.165, 1.54) is 18.5 Å². The molecule has 2 N–H and O–H groups in total. The van der Waals surface area contributed by atoms with Crippen molar-refractivity contribution < 1.29 is 50.9 Å². The molecule has 0 radical (unpaired) electrons. The number of ether oxygens (including phenoxy) is 1. The summed E-state index contributed by atoms with van der Waals surface area (Å²) in [5.41, 5.74) is 1.36. The van der Waals surface area contributed by atoms with Crippen LogP contribution in [0.3, 0.4) is 0 Å². The van der Waals surface area contributed by atoms with E-state index in [2.05, 4.69) is 37.1 Å². The van der Waals surface area contributed by atoms with Crippen LogP contribution in [0.4, 0.5) is 32.2 Å². The summed E-state index contributed by atoms with van der Waals surface area (Å²) in [4.78, 5) is 36.0. The topological polar surface area (TPSA) is 129 Å². The van der Waals surface area contributed by atoms with Crippen molar-refractivity contribution in [3.8, 4) is 0 Å². The number of carboxylic acid groups (broad SMARTS) is 2. The third-order valence-corrected chi connectivity index (χ3v) is 6.41. The summed E-state index contributed by atoms with van der Waals surface area (Å²) in [5, 5.41) is 17.6. The predicted molar refractivity (Wildman–Crippen MR) is 126 cm³/mol. The van der Waals surface area contributed by atoms with Crippen molar-refractivity contribution in [1.82, 2.24) is 19.9 Å². The number of alkyl halides is 6. The van der Waals surface area contributed by atoms with E-state index in [1.807, 2.05) is 6.20 Å². The van der Waals surface area contributed by atoms with Crippen molar-refractivity contribution in [1.29, 1.82) is 0 Å². The Kier molecular flexibility index (Phi) is 11.4. The van der Waals surface area contributed by atoms with Gasteiger partial charge >= 0.3 is 24.3 Å². The summed E-state index contributed by atoms with van der Waals surface area (Å²) < 4.78 is 69.5. The molecule has 4 heterocycles. The Morgan fingerprint density at radius 3 is 2.23 bits per heavy atom. The summed E-state index contributed by atoms with van der Waals surface area (Å²) >= 11 is 1.74. The van der Waals surface area contributed by atoms with E-state index in [1.54, 1.807) is 23.7 Å². The maximum absolute atomic E-state index is 10.6. The lowest BCUT2D eigenvalue weighted by Gasteiger charge is -2.43. The molecule has 39 heavy (non-hydrogen) atoms. The summed E-state index contributed by atoms with van der Waals surface area (Å²) in [6.45, 7) is 8.66. The van der Waals surface area contributed by atoms with Gasteiger partial charge < -0.3 is 19.8 Å². The van der Waals surface area contributed by atoms with Crippen molar-refractivity contribution in [2.45, 2.75) is 38.7 Å². The third kappa shape index (κ3) is 10.9. The molecule has 0 aliphatic carbocycles. The summed E-state index contributed by atoms with van der Waals surface area (Å²) in [7, 11) is 0. The first-order valence-electron chi connectivity index (χ1n) is 11.4. The van der Waals surface area contributed by atoms with Gasteiger partial charge in [0.05, 0.1) is 30.1 Å². The number of halogens is 6. The third-order valence-electron chi connectivity index (χ3n) is 5.59. The minimum absolute atomic E-state index is 0.164. The smallest absolute Gasteiger partial charge is 0.475 e. The van der Waals surface area contributed by atoms with Crippen LogP contribution < -0.4 is 4.90 Å². The van der Waals surface area contributed by atoms with Crippen LogP contribution in [0.5, 0.6) is 0 Å². The Labute approximate surface area is 223 Å². The van der Waals surface area contributed by atoms with Gasteiger partial charge in [-0.3, -0.25) is 9.88 Å². The van der Waals surface area contributed by atoms with Gasteiger partial charge in [-0.1, -0.05) is 0 Å². The standard InChI is InChI=1S/C18H25N5OS.2C2HF3O2/c1-15-21-16(11-25-15)10-22-6-2-3-18(12-22)13-23(7-8-24-14-18)17-9-19-4-5-20-17;2*3-2(4,5)1(6)7/h4-5,9,11H,2-3,6-8,10,12-14H2,1H3;2*(H,6,7). The number of likely N-dealkylation sites (tertiary alicyclic amines) is 1. The Balaban J connectivity index is 0.000000317. The molecule has 2 fully saturated rings. The first-order chi connectivity index (χ1) is 18.1. The Morgan fingerprint density at radius 2 is 1.72 bits per heavy atom. The molecule has 2 aliphatic heterocycles. The fourth-order valence-corrected chi connectivity index (χ4v) is 4.65. The molecule has 1 spiro atoms. The first-order valence-corrected chi connectivity index (χ1v) is 12.3. The average Bonchev–Trinajstić information content (AvgIpc) is 3.14. The van der Waals surface area contributed by atoms with Crippen LogP contribution in [0.2, 0.25) is 0 Å². The van der Waals surface area contributed by atoms with Crippen molar-refractivity contribution in [3.63, 3.8) is 0 Å². The van der Waals surface area contributed by atoms with Crippen LogP contribution in [0.15, 0.2) is 24.0 Å². The lowest BCUT2D eigenvalue weighted by atomic mass is 9.80. The van der Waals surface area contributed by atoms with Gasteiger partial charge in [-0.15, -0.1) is 11.3 Å². The normalized spacial score (nSPS) is 20.2. The van der Waals surface area contributed by atoms with Crippen LogP contribution >= 0.6 is 11.3 Å². The number of hydrogen-bond acceptors (Lipinski definition) is 9.